The van der Waals surface area contributed by atoms with E-state index in [1.165, 1.54) is 17.5 Å². The number of ether oxygens (including phenoxy) is 1. The third-order valence-corrected chi connectivity index (χ3v) is 10.8. The smallest absolute Gasteiger partial charge is 0.412 e. The summed E-state index contributed by atoms with van der Waals surface area (Å²) in [5.41, 5.74) is 2.59. The number of carbonyl (C=O) groups excluding carboxylic acids is 1. The summed E-state index contributed by atoms with van der Waals surface area (Å²) in [7, 11) is -1.01. The van der Waals surface area contributed by atoms with Crippen LogP contribution in [0, 0.1) is 6.92 Å². The zero-order chi connectivity index (χ0) is 30.2. The number of hydrogen-bond donors (Lipinski definition) is 1. The van der Waals surface area contributed by atoms with Gasteiger partial charge >= 0.3 is 6.18 Å². The highest BCUT2D eigenvalue weighted by Gasteiger charge is 2.45. The molecule has 1 saturated heterocycles. The molecular formula is C30H39F3N4O4S2. The van der Waals surface area contributed by atoms with Crippen molar-refractivity contribution in [1.82, 2.24) is 20.2 Å². The fourth-order valence-electron chi connectivity index (χ4n) is 5.90. The maximum absolute atomic E-state index is 13.1. The van der Waals surface area contributed by atoms with Crippen molar-refractivity contribution in [3.63, 3.8) is 0 Å². The molecule has 0 bridgehead atoms. The van der Waals surface area contributed by atoms with Crippen LogP contribution in [0.2, 0.25) is 0 Å². The van der Waals surface area contributed by atoms with Gasteiger partial charge in [0, 0.05) is 60.1 Å². The molecule has 0 aliphatic carbocycles. The summed E-state index contributed by atoms with van der Waals surface area (Å²) < 4.78 is 57.7. The number of halogens is 3. The zero-order valence-corrected chi connectivity index (χ0v) is 26.2. The maximum Gasteiger partial charge on any atom is 0.451 e. The van der Waals surface area contributed by atoms with E-state index in [-0.39, 0.29) is 25.0 Å². The minimum atomic E-state index is -4.57. The van der Waals surface area contributed by atoms with Crippen molar-refractivity contribution < 1.29 is 33.8 Å². The Hall–Kier alpha value is -2.71. The van der Waals surface area contributed by atoms with Gasteiger partial charge in [-0.15, -0.1) is 11.3 Å². The zero-order valence-electron chi connectivity index (χ0n) is 24.6. The molecule has 13 heteroatoms. The van der Waals surface area contributed by atoms with Crippen molar-refractivity contribution in [2.75, 3.05) is 18.8 Å². The van der Waals surface area contributed by atoms with E-state index < -0.39 is 28.4 Å². The molecule has 4 heterocycles. The molecule has 1 fully saturated rings. The number of thiophene rings is 1. The molecule has 43 heavy (non-hydrogen) atoms. The van der Waals surface area contributed by atoms with Gasteiger partial charge in [-0.2, -0.15) is 13.2 Å². The monoisotopic (exact) mass is 640 g/mol. The number of nitrogens with zero attached hydrogens (tertiary/aromatic N) is 3. The Morgan fingerprint density at radius 2 is 1.95 bits per heavy atom. The molecular weight excluding hydrogens is 601 g/mol. The van der Waals surface area contributed by atoms with Crippen molar-refractivity contribution in [3.8, 4) is 0 Å². The number of fused-ring (bicyclic) bond motifs is 2. The number of alkyl halides is 3. The molecule has 3 aromatic rings. The lowest BCUT2D eigenvalue weighted by Crippen LogP contribution is -2.48. The minimum absolute atomic E-state index is 0. The Morgan fingerprint density at radius 3 is 2.56 bits per heavy atom. The van der Waals surface area contributed by atoms with E-state index in [0.717, 1.165) is 27.3 Å². The van der Waals surface area contributed by atoms with E-state index in [2.05, 4.69) is 27.1 Å². The number of piperidine rings is 1. The molecule has 5 rings (SSSR count). The second-order valence-corrected chi connectivity index (χ2v) is 13.8. The number of benzene rings is 1. The number of aromatic nitrogens is 2. The van der Waals surface area contributed by atoms with Crippen molar-refractivity contribution in [1.29, 1.82) is 0 Å². The third-order valence-electron chi connectivity index (χ3n) is 8.16. The van der Waals surface area contributed by atoms with Crippen molar-refractivity contribution in [3.05, 3.63) is 74.5 Å². The number of likely N-dealkylation sites (tertiary alicyclic amines) is 1. The van der Waals surface area contributed by atoms with E-state index in [4.69, 9.17) is 4.74 Å². The molecule has 2 aliphatic heterocycles. The van der Waals surface area contributed by atoms with Gasteiger partial charge in [-0.1, -0.05) is 19.1 Å². The lowest BCUT2D eigenvalue weighted by molar-refractivity contribution is -0.145. The molecule has 2 unspecified atom stereocenters. The topological polar surface area (TPSA) is 116 Å². The summed E-state index contributed by atoms with van der Waals surface area (Å²) in [5.74, 6) is -0.693. The maximum atomic E-state index is 13.1. The lowest BCUT2D eigenvalue weighted by Gasteiger charge is -2.47. The van der Waals surface area contributed by atoms with Gasteiger partial charge in [-0.3, -0.25) is 13.9 Å². The number of hydrogen-bond acceptors (Lipinski definition) is 7. The standard InChI is InChI=1S/C30H35F3N4O3S2.H2O.H2/c1-5-42(39)23-8-6-21(7-9-23)16-34-27(38)25-15-22-14-18(2)40-29(26(22)41-25)10-12-37(13-11-29)20(4)24-17-35-28(30(31,32)33)36-19(24)3;;/h6-9,15,17-18,20H,5,10-14,16H2,1-4H3,(H,34,38);1H2;1H/t18-,20?,42?;;/m0../s1. The third kappa shape index (κ3) is 7.01. The number of amides is 1. The highest BCUT2D eigenvalue weighted by atomic mass is 32.2. The summed E-state index contributed by atoms with van der Waals surface area (Å²) in [6, 6.07) is 9.30. The van der Waals surface area contributed by atoms with E-state index >= 15 is 0 Å². The highest BCUT2D eigenvalue weighted by molar-refractivity contribution is 7.85. The number of carbonyl (C=O) groups is 1. The Kier molecular flexibility index (Phi) is 10.1. The largest absolute Gasteiger partial charge is 0.451 e. The minimum Gasteiger partial charge on any atom is -0.412 e. The fraction of sp³-hybridized carbons (Fsp3) is 0.500. The average molecular weight is 641 g/mol. The quantitative estimate of drug-likeness (QED) is 0.372. The van der Waals surface area contributed by atoms with Crippen LogP contribution in [0.4, 0.5) is 13.2 Å². The normalized spacial score (nSPS) is 19.7. The first-order valence-electron chi connectivity index (χ1n) is 14.1. The summed E-state index contributed by atoms with van der Waals surface area (Å²) in [5, 5.41) is 3.01. The van der Waals surface area contributed by atoms with Crippen LogP contribution in [0.5, 0.6) is 0 Å². The summed E-state index contributed by atoms with van der Waals surface area (Å²) in [4.78, 5) is 25.2. The molecule has 0 saturated carbocycles. The molecule has 1 amide bonds. The van der Waals surface area contributed by atoms with Crippen molar-refractivity contribution >= 4 is 28.0 Å². The van der Waals surface area contributed by atoms with Crippen LogP contribution < -0.4 is 5.32 Å². The van der Waals surface area contributed by atoms with Gasteiger partial charge in [0.1, 0.15) is 5.60 Å². The first-order valence-corrected chi connectivity index (χ1v) is 16.2. The molecule has 3 atom stereocenters. The molecule has 0 radical (unpaired) electrons. The van der Waals surface area contributed by atoms with Gasteiger partial charge in [-0.05, 0) is 69.4 Å². The average Bonchev–Trinajstić information content (AvgIpc) is 3.40. The van der Waals surface area contributed by atoms with Crippen LogP contribution in [0.1, 0.15) is 83.8 Å². The number of rotatable bonds is 7. The number of nitrogens with one attached hydrogen (secondary N) is 1. The summed E-state index contributed by atoms with van der Waals surface area (Å²) in [6.45, 7) is 9.24. The van der Waals surface area contributed by atoms with Crippen LogP contribution >= 0.6 is 11.3 Å². The van der Waals surface area contributed by atoms with Crippen LogP contribution in [0.15, 0.2) is 41.4 Å². The molecule has 2 aliphatic rings. The van der Waals surface area contributed by atoms with E-state index in [9.17, 15) is 22.2 Å². The Labute approximate surface area is 257 Å². The first-order chi connectivity index (χ1) is 19.9. The van der Waals surface area contributed by atoms with Crippen LogP contribution in [-0.2, 0) is 40.3 Å². The first kappa shape index (κ1) is 33.2. The van der Waals surface area contributed by atoms with Gasteiger partial charge in [0.05, 0.1) is 21.8 Å². The summed E-state index contributed by atoms with van der Waals surface area (Å²) >= 11 is 1.49. The van der Waals surface area contributed by atoms with Crippen LogP contribution in [0.3, 0.4) is 0 Å². The molecule has 2 aromatic heterocycles. The van der Waals surface area contributed by atoms with Crippen molar-refractivity contribution in [2.45, 2.75) is 82.3 Å². The highest BCUT2D eigenvalue weighted by Crippen LogP contribution is 2.48. The van der Waals surface area contributed by atoms with Gasteiger partial charge < -0.3 is 15.5 Å². The molecule has 236 valence electrons. The Balaban J connectivity index is 0.00000264. The second kappa shape index (κ2) is 13.1. The second-order valence-electron chi connectivity index (χ2n) is 11.0. The van der Waals surface area contributed by atoms with Crippen molar-refractivity contribution in [2.24, 2.45) is 0 Å². The summed E-state index contributed by atoms with van der Waals surface area (Å²) in [6.07, 6.45) is -1.12. The van der Waals surface area contributed by atoms with Gasteiger partial charge in [0.2, 0.25) is 5.82 Å². The molecule has 3 N–H and O–H groups in total. The van der Waals surface area contributed by atoms with E-state index in [0.29, 0.717) is 54.4 Å². The fourth-order valence-corrected chi connectivity index (χ4v) is 7.97. The van der Waals surface area contributed by atoms with E-state index in [1.54, 1.807) is 6.92 Å². The number of aryl methyl sites for hydroxylation is 1. The van der Waals surface area contributed by atoms with Gasteiger partial charge in [-0.25, -0.2) is 9.97 Å². The SMILES string of the molecule is CCS(=O)c1ccc(CNC(=O)c2cc3c(s2)C2(CCN(C(C)c4cnc(C(F)(F)F)nc4C)CC2)O[C@@H](C)C3)cc1.O.[HH]. The van der Waals surface area contributed by atoms with Crippen LogP contribution in [0.25, 0.3) is 0 Å². The lowest BCUT2D eigenvalue weighted by atomic mass is 9.83. The van der Waals surface area contributed by atoms with Gasteiger partial charge in [0.25, 0.3) is 5.91 Å². The van der Waals surface area contributed by atoms with E-state index in [1.807, 2.05) is 44.2 Å². The van der Waals surface area contributed by atoms with Gasteiger partial charge in [0.15, 0.2) is 0 Å². The molecule has 1 spiro atoms. The predicted molar refractivity (Wildman–Crippen MR) is 162 cm³/mol. The Morgan fingerprint density at radius 1 is 1.28 bits per heavy atom. The molecule has 1 aromatic carbocycles. The Bertz CT molecular complexity index is 1480. The molecule has 8 nitrogen and oxygen atoms in total. The predicted octanol–water partition coefficient (Wildman–Crippen LogP) is 5.36. The van der Waals surface area contributed by atoms with Crippen LogP contribution in [-0.4, -0.2) is 55.4 Å².